The predicted molar refractivity (Wildman–Crippen MR) is 64.2 cm³/mol. The number of carbonyl (C=O) groups is 1. The topological polar surface area (TPSA) is 66.9 Å². The SMILES string of the molecule is Cc1cnc(CNC2C(=O)NCC2(C)C)nc1. The first-order valence-electron chi connectivity index (χ1n) is 5.78. The minimum absolute atomic E-state index is 0.0575. The van der Waals surface area contributed by atoms with Crippen molar-refractivity contribution in [1.29, 1.82) is 0 Å². The van der Waals surface area contributed by atoms with Crippen LogP contribution in [0.15, 0.2) is 12.4 Å². The fourth-order valence-electron chi connectivity index (χ4n) is 1.95. The highest BCUT2D eigenvalue weighted by Crippen LogP contribution is 2.24. The Kier molecular flexibility index (Phi) is 3.11. The Balaban J connectivity index is 1.98. The Labute approximate surface area is 101 Å². The van der Waals surface area contributed by atoms with Crippen molar-refractivity contribution in [2.75, 3.05) is 6.54 Å². The Hall–Kier alpha value is -1.49. The first-order chi connectivity index (χ1) is 7.99. The number of rotatable bonds is 3. The van der Waals surface area contributed by atoms with Gasteiger partial charge in [0.15, 0.2) is 0 Å². The zero-order valence-electron chi connectivity index (χ0n) is 10.4. The van der Waals surface area contributed by atoms with Gasteiger partial charge >= 0.3 is 0 Å². The molecule has 2 N–H and O–H groups in total. The Morgan fingerprint density at radius 1 is 1.47 bits per heavy atom. The molecule has 1 aromatic heterocycles. The van der Waals surface area contributed by atoms with Gasteiger partial charge in [0.2, 0.25) is 5.91 Å². The smallest absolute Gasteiger partial charge is 0.237 e. The summed E-state index contributed by atoms with van der Waals surface area (Å²) < 4.78 is 0. The summed E-state index contributed by atoms with van der Waals surface area (Å²) in [5, 5.41) is 6.08. The van der Waals surface area contributed by atoms with E-state index in [0.29, 0.717) is 18.9 Å². The van der Waals surface area contributed by atoms with Gasteiger partial charge in [-0.25, -0.2) is 9.97 Å². The third-order valence-electron chi connectivity index (χ3n) is 3.06. The van der Waals surface area contributed by atoms with E-state index >= 15 is 0 Å². The summed E-state index contributed by atoms with van der Waals surface area (Å²) in [5.74, 6) is 0.771. The van der Waals surface area contributed by atoms with Crippen LogP contribution in [0.3, 0.4) is 0 Å². The lowest BCUT2D eigenvalue weighted by atomic mass is 9.87. The Bertz CT molecular complexity index is 413. The van der Waals surface area contributed by atoms with Crippen LogP contribution >= 0.6 is 0 Å². The van der Waals surface area contributed by atoms with Crippen LogP contribution in [0.5, 0.6) is 0 Å². The van der Waals surface area contributed by atoms with Crippen LogP contribution in [-0.4, -0.2) is 28.5 Å². The summed E-state index contributed by atoms with van der Waals surface area (Å²) in [7, 11) is 0. The molecule has 1 atom stereocenters. The largest absolute Gasteiger partial charge is 0.354 e. The zero-order valence-corrected chi connectivity index (χ0v) is 10.4. The van der Waals surface area contributed by atoms with Gasteiger partial charge in [-0.3, -0.25) is 10.1 Å². The van der Waals surface area contributed by atoms with E-state index in [1.165, 1.54) is 0 Å². The van der Waals surface area contributed by atoms with Crippen molar-refractivity contribution in [2.24, 2.45) is 5.41 Å². The van der Waals surface area contributed by atoms with Crippen LogP contribution in [0.25, 0.3) is 0 Å². The third kappa shape index (κ3) is 2.61. The minimum atomic E-state index is -0.174. The van der Waals surface area contributed by atoms with Crippen molar-refractivity contribution >= 4 is 5.91 Å². The molecule has 0 bridgehead atoms. The molecule has 2 rings (SSSR count). The number of aromatic nitrogens is 2. The van der Waals surface area contributed by atoms with Gasteiger partial charge < -0.3 is 5.32 Å². The maximum absolute atomic E-state index is 11.7. The van der Waals surface area contributed by atoms with Crippen LogP contribution < -0.4 is 10.6 Å². The molecule has 2 heterocycles. The molecule has 0 spiro atoms. The second-order valence-electron chi connectivity index (χ2n) is 5.20. The van der Waals surface area contributed by atoms with Gasteiger partial charge in [-0.05, 0) is 12.5 Å². The average Bonchev–Trinajstić information content (AvgIpc) is 2.53. The first kappa shape index (κ1) is 12.0. The molecule has 1 unspecified atom stereocenters. The molecule has 1 fully saturated rings. The maximum Gasteiger partial charge on any atom is 0.237 e. The van der Waals surface area contributed by atoms with Crippen LogP contribution in [0.1, 0.15) is 25.2 Å². The summed E-state index contributed by atoms with van der Waals surface area (Å²) in [6.07, 6.45) is 3.56. The molecule has 17 heavy (non-hydrogen) atoms. The second-order valence-corrected chi connectivity index (χ2v) is 5.20. The molecule has 1 aliphatic rings. The highest BCUT2D eigenvalue weighted by molar-refractivity contribution is 5.85. The molecule has 1 aliphatic heterocycles. The van der Waals surface area contributed by atoms with Crippen molar-refractivity contribution in [3.05, 3.63) is 23.8 Å². The van der Waals surface area contributed by atoms with Gasteiger partial charge in [-0.15, -0.1) is 0 Å². The van der Waals surface area contributed by atoms with E-state index in [1.54, 1.807) is 12.4 Å². The van der Waals surface area contributed by atoms with Gasteiger partial charge in [0.1, 0.15) is 5.82 Å². The number of amides is 1. The minimum Gasteiger partial charge on any atom is -0.354 e. The monoisotopic (exact) mass is 234 g/mol. The highest BCUT2D eigenvalue weighted by Gasteiger charge is 2.40. The van der Waals surface area contributed by atoms with Gasteiger partial charge in [0, 0.05) is 24.4 Å². The molecular formula is C12H18N4O. The number of carbonyl (C=O) groups excluding carboxylic acids is 1. The fourth-order valence-corrected chi connectivity index (χ4v) is 1.95. The van der Waals surface area contributed by atoms with Crippen molar-refractivity contribution in [3.63, 3.8) is 0 Å². The molecule has 1 amide bonds. The van der Waals surface area contributed by atoms with Gasteiger partial charge in [-0.2, -0.15) is 0 Å². The van der Waals surface area contributed by atoms with Crippen LogP contribution in [0.4, 0.5) is 0 Å². The van der Waals surface area contributed by atoms with Crippen molar-refractivity contribution in [3.8, 4) is 0 Å². The van der Waals surface area contributed by atoms with Crippen LogP contribution in [0.2, 0.25) is 0 Å². The third-order valence-corrected chi connectivity index (χ3v) is 3.06. The number of nitrogens with one attached hydrogen (secondary N) is 2. The maximum atomic E-state index is 11.7. The lowest BCUT2D eigenvalue weighted by Crippen LogP contribution is -2.43. The van der Waals surface area contributed by atoms with Crippen molar-refractivity contribution in [2.45, 2.75) is 33.4 Å². The zero-order chi connectivity index (χ0) is 12.5. The van der Waals surface area contributed by atoms with Gasteiger partial charge in [0.05, 0.1) is 12.6 Å². The quantitative estimate of drug-likeness (QED) is 0.794. The predicted octanol–water partition coefficient (Wildman–Crippen LogP) is 0.399. The van der Waals surface area contributed by atoms with Crippen molar-refractivity contribution < 1.29 is 4.79 Å². The summed E-state index contributed by atoms with van der Waals surface area (Å²) in [6.45, 7) is 7.31. The van der Waals surface area contributed by atoms with Gasteiger partial charge in [0.25, 0.3) is 0 Å². The van der Waals surface area contributed by atoms with E-state index in [2.05, 4.69) is 34.4 Å². The number of hydrogen-bond acceptors (Lipinski definition) is 4. The Morgan fingerprint density at radius 3 is 2.65 bits per heavy atom. The van der Waals surface area contributed by atoms with Gasteiger partial charge in [-0.1, -0.05) is 13.8 Å². The van der Waals surface area contributed by atoms with Crippen LogP contribution in [0, 0.1) is 12.3 Å². The lowest BCUT2D eigenvalue weighted by Gasteiger charge is -2.24. The van der Waals surface area contributed by atoms with E-state index < -0.39 is 0 Å². The average molecular weight is 234 g/mol. The van der Waals surface area contributed by atoms with E-state index in [0.717, 1.165) is 5.56 Å². The Morgan fingerprint density at radius 2 is 2.12 bits per heavy atom. The summed E-state index contributed by atoms with van der Waals surface area (Å²) >= 11 is 0. The first-order valence-corrected chi connectivity index (χ1v) is 5.78. The summed E-state index contributed by atoms with van der Waals surface area (Å²) in [4.78, 5) is 20.1. The van der Waals surface area contributed by atoms with Crippen molar-refractivity contribution in [1.82, 2.24) is 20.6 Å². The van der Waals surface area contributed by atoms with E-state index in [-0.39, 0.29) is 17.4 Å². The number of aryl methyl sites for hydroxylation is 1. The normalized spacial score (nSPS) is 22.5. The van der Waals surface area contributed by atoms with E-state index in [9.17, 15) is 4.79 Å². The molecule has 0 saturated carbocycles. The summed E-state index contributed by atoms with van der Waals surface area (Å²) in [6, 6.07) is -0.174. The molecule has 0 aliphatic carbocycles. The molecular weight excluding hydrogens is 216 g/mol. The molecule has 5 nitrogen and oxygen atoms in total. The molecule has 0 radical (unpaired) electrons. The number of nitrogens with zero attached hydrogens (tertiary/aromatic N) is 2. The molecule has 0 aromatic carbocycles. The van der Waals surface area contributed by atoms with Crippen LogP contribution in [-0.2, 0) is 11.3 Å². The highest BCUT2D eigenvalue weighted by atomic mass is 16.2. The fraction of sp³-hybridized carbons (Fsp3) is 0.583. The number of hydrogen-bond donors (Lipinski definition) is 2. The standard InChI is InChI=1S/C12H18N4O/c1-8-4-13-9(14-5-8)6-15-10-11(17)16-7-12(10,2)3/h4-5,10,15H,6-7H2,1-3H3,(H,16,17). The van der Waals surface area contributed by atoms with E-state index in [4.69, 9.17) is 0 Å². The molecule has 1 aromatic rings. The lowest BCUT2D eigenvalue weighted by molar-refractivity contribution is -0.121. The second kappa shape index (κ2) is 4.41. The molecule has 5 heteroatoms. The van der Waals surface area contributed by atoms with E-state index in [1.807, 2.05) is 6.92 Å². The molecule has 1 saturated heterocycles. The summed E-state index contributed by atoms with van der Waals surface area (Å²) in [5.41, 5.74) is 0.967. The molecule has 92 valence electrons.